The maximum Gasteiger partial charge on any atom is 0.221 e. The smallest absolute Gasteiger partial charge is 0.221 e. The molecule has 0 aromatic heterocycles. The van der Waals surface area contributed by atoms with Gasteiger partial charge in [-0.3, -0.25) is 4.79 Å². The Hall–Kier alpha value is -2.40. The summed E-state index contributed by atoms with van der Waals surface area (Å²) in [7, 11) is 0. The Morgan fingerprint density at radius 2 is 1.85 bits per heavy atom. The van der Waals surface area contributed by atoms with Crippen LogP contribution in [0.15, 0.2) is 52.7 Å². The summed E-state index contributed by atoms with van der Waals surface area (Å²) in [6.45, 7) is 1.41. The van der Waals surface area contributed by atoms with Gasteiger partial charge in [-0.05, 0) is 30.3 Å². The van der Waals surface area contributed by atoms with Crippen LogP contribution in [-0.2, 0) is 4.79 Å². The van der Waals surface area contributed by atoms with Gasteiger partial charge in [0.25, 0.3) is 0 Å². The number of benzene rings is 2. The van der Waals surface area contributed by atoms with Crippen LogP contribution in [-0.4, -0.2) is 5.91 Å². The normalized spacial score (nSPS) is 10.7. The first-order valence-electron chi connectivity index (χ1n) is 5.89. The van der Waals surface area contributed by atoms with Crippen molar-refractivity contribution in [2.75, 3.05) is 11.1 Å². The number of rotatable bonds is 3. The number of halogens is 1. The molecule has 5 nitrogen and oxygen atoms in total. The van der Waals surface area contributed by atoms with Crippen LogP contribution in [0.25, 0.3) is 0 Å². The molecule has 2 rings (SSSR count). The van der Waals surface area contributed by atoms with Gasteiger partial charge in [-0.15, -0.1) is 10.2 Å². The first-order valence-corrected chi connectivity index (χ1v) is 6.27. The molecule has 3 N–H and O–H groups in total. The van der Waals surface area contributed by atoms with Crippen molar-refractivity contribution in [3.05, 3.63) is 47.5 Å². The summed E-state index contributed by atoms with van der Waals surface area (Å²) >= 11 is 6.00. The van der Waals surface area contributed by atoms with Gasteiger partial charge in [-0.1, -0.05) is 23.7 Å². The van der Waals surface area contributed by atoms with E-state index in [1.54, 1.807) is 30.3 Å². The zero-order chi connectivity index (χ0) is 14.5. The standard InChI is InChI=1S/C14H13ClN4O/c1-9(20)17-14-8-10(16)6-7-13(14)19-18-12-5-3-2-4-11(12)15/h2-8H,16H2,1H3,(H,17,20). The molecule has 0 atom stereocenters. The molecule has 0 saturated carbocycles. The van der Waals surface area contributed by atoms with Gasteiger partial charge in [-0.2, -0.15) is 0 Å². The van der Waals surface area contributed by atoms with Gasteiger partial charge >= 0.3 is 0 Å². The molecule has 102 valence electrons. The van der Waals surface area contributed by atoms with E-state index >= 15 is 0 Å². The lowest BCUT2D eigenvalue weighted by molar-refractivity contribution is -0.114. The molecule has 0 aliphatic heterocycles. The van der Waals surface area contributed by atoms with Gasteiger partial charge in [0.2, 0.25) is 5.91 Å². The SMILES string of the molecule is CC(=O)Nc1cc(N)ccc1N=Nc1ccccc1Cl. The first-order chi connectivity index (χ1) is 9.56. The Morgan fingerprint density at radius 1 is 1.15 bits per heavy atom. The maximum atomic E-state index is 11.2. The first kappa shape index (κ1) is 14.0. The molecule has 0 saturated heterocycles. The van der Waals surface area contributed by atoms with Crippen LogP contribution >= 0.6 is 11.6 Å². The third-order valence-electron chi connectivity index (χ3n) is 2.45. The van der Waals surface area contributed by atoms with Gasteiger partial charge in [0.15, 0.2) is 0 Å². The highest BCUT2D eigenvalue weighted by Crippen LogP contribution is 2.31. The van der Waals surface area contributed by atoms with Crippen LogP contribution in [0, 0.1) is 0 Å². The van der Waals surface area contributed by atoms with Crippen LogP contribution < -0.4 is 11.1 Å². The number of hydrogen-bond donors (Lipinski definition) is 2. The zero-order valence-electron chi connectivity index (χ0n) is 10.8. The lowest BCUT2D eigenvalue weighted by Crippen LogP contribution is -2.06. The molecule has 0 aliphatic rings. The number of carbonyl (C=O) groups is 1. The Kier molecular flexibility index (Phi) is 4.32. The van der Waals surface area contributed by atoms with Crippen molar-refractivity contribution in [1.82, 2.24) is 0 Å². The van der Waals surface area contributed by atoms with Gasteiger partial charge in [0.05, 0.1) is 10.7 Å². The molecule has 20 heavy (non-hydrogen) atoms. The number of carbonyl (C=O) groups excluding carboxylic acids is 1. The van der Waals surface area contributed by atoms with Gasteiger partial charge in [-0.25, -0.2) is 0 Å². The van der Waals surface area contributed by atoms with Crippen molar-refractivity contribution in [3.8, 4) is 0 Å². The average Bonchev–Trinajstić information content (AvgIpc) is 2.39. The summed E-state index contributed by atoms with van der Waals surface area (Å²) in [5.74, 6) is -0.204. The number of nitrogens with one attached hydrogen (secondary N) is 1. The van der Waals surface area contributed by atoms with Crippen molar-refractivity contribution in [2.45, 2.75) is 6.92 Å². The molecule has 0 bridgehead atoms. The van der Waals surface area contributed by atoms with Crippen molar-refractivity contribution < 1.29 is 4.79 Å². The topological polar surface area (TPSA) is 79.8 Å². The second-order valence-corrected chi connectivity index (χ2v) is 4.52. The van der Waals surface area contributed by atoms with Crippen molar-refractivity contribution in [1.29, 1.82) is 0 Å². The van der Waals surface area contributed by atoms with E-state index in [1.165, 1.54) is 6.92 Å². The van der Waals surface area contributed by atoms with E-state index in [4.69, 9.17) is 17.3 Å². The Labute approximate surface area is 121 Å². The summed E-state index contributed by atoms with van der Waals surface area (Å²) in [5, 5.41) is 11.3. The molecule has 6 heteroatoms. The lowest BCUT2D eigenvalue weighted by atomic mass is 10.2. The Bertz CT molecular complexity index is 670. The van der Waals surface area contributed by atoms with Crippen LogP contribution in [0.3, 0.4) is 0 Å². The van der Waals surface area contributed by atoms with Crippen molar-refractivity contribution >= 4 is 40.3 Å². The number of anilines is 2. The van der Waals surface area contributed by atoms with E-state index in [0.717, 1.165) is 0 Å². The quantitative estimate of drug-likeness (QED) is 0.652. The van der Waals surface area contributed by atoms with Crippen molar-refractivity contribution in [3.63, 3.8) is 0 Å². The monoisotopic (exact) mass is 288 g/mol. The van der Waals surface area contributed by atoms with Crippen LogP contribution in [0.5, 0.6) is 0 Å². The average molecular weight is 289 g/mol. The Balaban J connectivity index is 2.33. The highest BCUT2D eigenvalue weighted by Gasteiger charge is 2.04. The highest BCUT2D eigenvalue weighted by atomic mass is 35.5. The minimum absolute atomic E-state index is 0.204. The molecule has 2 aromatic rings. The number of hydrogen-bond acceptors (Lipinski definition) is 4. The minimum atomic E-state index is -0.204. The predicted octanol–water partition coefficient (Wildman–Crippen LogP) is 4.30. The third-order valence-corrected chi connectivity index (χ3v) is 2.77. The van der Waals surface area contributed by atoms with Crippen LogP contribution in [0.4, 0.5) is 22.7 Å². The molecule has 1 amide bonds. The maximum absolute atomic E-state index is 11.2. The predicted molar refractivity (Wildman–Crippen MR) is 80.8 cm³/mol. The van der Waals surface area contributed by atoms with Crippen LogP contribution in [0.1, 0.15) is 6.92 Å². The number of azo groups is 1. The molecule has 0 unspecified atom stereocenters. The van der Waals surface area contributed by atoms with Gasteiger partial charge in [0, 0.05) is 12.6 Å². The van der Waals surface area contributed by atoms with E-state index < -0.39 is 0 Å². The van der Waals surface area contributed by atoms with E-state index in [0.29, 0.717) is 27.8 Å². The molecule has 0 heterocycles. The lowest BCUT2D eigenvalue weighted by Gasteiger charge is -2.06. The third kappa shape index (κ3) is 3.55. The molecule has 0 aliphatic carbocycles. The Morgan fingerprint density at radius 3 is 2.55 bits per heavy atom. The fourth-order valence-corrected chi connectivity index (χ4v) is 1.74. The minimum Gasteiger partial charge on any atom is -0.399 e. The summed E-state index contributed by atoms with van der Waals surface area (Å²) in [5.41, 5.74) is 7.79. The van der Waals surface area contributed by atoms with E-state index in [9.17, 15) is 4.79 Å². The fourth-order valence-electron chi connectivity index (χ4n) is 1.57. The zero-order valence-corrected chi connectivity index (χ0v) is 11.6. The number of nitrogens with two attached hydrogens (primary N) is 1. The van der Waals surface area contributed by atoms with Gasteiger partial charge in [0.1, 0.15) is 11.4 Å². The molecule has 0 fully saturated rings. The largest absolute Gasteiger partial charge is 0.399 e. The number of nitrogen functional groups attached to an aromatic ring is 1. The summed E-state index contributed by atoms with van der Waals surface area (Å²) in [4.78, 5) is 11.2. The van der Waals surface area contributed by atoms with Crippen molar-refractivity contribution in [2.24, 2.45) is 10.2 Å². The van der Waals surface area contributed by atoms with Gasteiger partial charge < -0.3 is 11.1 Å². The van der Waals surface area contributed by atoms with E-state index in [-0.39, 0.29) is 5.91 Å². The second kappa shape index (κ2) is 6.16. The molecule has 2 aromatic carbocycles. The van der Waals surface area contributed by atoms with Crippen LogP contribution in [0.2, 0.25) is 5.02 Å². The summed E-state index contributed by atoms with van der Waals surface area (Å²) in [6.07, 6.45) is 0. The highest BCUT2D eigenvalue weighted by molar-refractivity contribution is 6.32. The molecular weight excluding hydrogens is 276 g/mol. The van der Waals surface area contributed by atoms with E-state index in [2.05, 4.69) is 15.5 Å². The molecule has 0 spiro atoms. The number of amides is 1. The van der Waals surface area contributed by atoms with E-state index in [1.807, 2.05) is 12.1 Å². The molecule has 0 radical (unpaired) electrons. The number of nitrogens with zero attached hydrogens (tertiary/aromatic N) is 2. The summed E-state index contributed by atoms with van der Waals surface area (Å²) < 4.78 is 0. The second-order valence-electron chi connectivity index (χ2n) is 4.11. The molecular formula is C14H13ClN4O. The fraction of sp³-hybridized carbons (Fsp3) is 0.0714. The summed E-state index contributed by atoms with van der Waals surface area (Å²) in [6, 6.07) is 12.1.